The van der Waals surface area contributed by atoms with Gasteiger partial charge in [0.1, 0.15) is 5.88 Å². The summed E-state index contributed by atoms with van der Waals surface area (Å²) in [6, 6.07) is 0.242. The summed E-state index contributed by atoms with van der Waals surface area (Å²) in [6.07, 6.45) is 5.68. The normalized spacial score (nSPS) is 23.1. The van der Waals surface area contributed by atoms with Gasteiger partial charge in [-0.1, -0.05) is 0 Å². The van der Waals surface area contributed by atoms with Crippen LogP contribution in [0.1, 0.15) is 54.4 Å². The minimum Gasteiger partial charge on any atom is -0.399 e. The second kappa shape index (κ2) is 9.01. The molecule has 0 spiro atoms. The van der Waals surface area contributed by atoms with E-state index in [9.17, 15) is 4.79 Å². The number of amides is 1. The molecular weight excluding hydrogens is 403 g/mol. The summed E-state index contributed by atoms with van der Waals surface area (Å²) in [5.74, 6) is 1.12. The Morgan fingerprint density at radius 2 is 1.87 bits per heavy atom. The van der Waals surface area contributed by atoms with Crippen LogP contribution in [0.3, 0.4) is 0 Å². The van der Waals surface area contributed by atoms with Crippen LogP contribution in [0, 0.1) is 5.92 Å². The first-order chi connectivity index (χ1) is 14.0. The second-order valence-electron chi connectivity index (χ2n) is 9.63. The minimum atomic E-state index is -0.468. The van der Waals surface area contributed by atoms with Crippen LogP contribution in [0.15, 0.2) is 12.4 Å². The van der Waals surface area contributed by atoms with Crippen molar-refractivity contribution >= 4 is 36.0 Å². The molecule has 1 atom stereocenters. The highest BCUT2D eigenvalue weighted by Gasteiger charge is 2.52. The molecule has 166 valence electrons. The highest BCUT2D eigenvalue weighted by Crippen LogP contribution is 2.36. The van der Waals surface area contributed by atoms with Gasteiger partial charge in [0.05, 0.1) is 11.2 Å². The summed E-state index contributed by atoms with van der Waals surface area (Å²) in [5, 5.41) is 0. The van der Waals surface area contributed by atoms with Gasteiger partial charge in [-0.25, -0.2) is 9.97 Å². The third-order valence-electron chi connectivity index (χ3n) is 6.50. The molecule has 3 heterocycles. The molecule has 2 fully saturated rings. The van der Waals surface area contributed by atoms with Crippen molar-refractivity contribution in [2.24, 2.45) is 5.92 Å². The summed E-state index contributed by atoms with van der Waals surface area (Å²) >= 11 is 5.75. The Balaban J connectivity index is 1.69. The molecule has 1 aromatic heterocycles. The van der Waals surface area contributed by atoms with Crippen molar-refractivity contribution in [3.05, 3.63) is 12.4 Å². The number of halogens is 1. The maximum atomic E-state index is 12.0. The lowest BCUT2D eigenvalue weighted by atomic mass is 9.81. The van der Waals surface area contributed by atoms with Gasteiger partial charge in [0.15, 0.2) is 0 Å². The van der Waals surface area contributed by atoms with Crippen LogP contribution in [0.25, 0.3) is 0 Å². The van der Waals surface area contributed by atoms with Gasteiger partial charge in [0.2, 0.25) is 11.9 Å². The first-order valence-corrected chi connectivity index (χ1v) is 11.4. The lowest BCUT2D eigenvalue weighted by Gasteiger charge is -2.37. The molecule has 0 N–H and O–H groups in total. The van der Waals surface area contributed by atoms with Crippen LogP contribution in [0.2, 0.25) is 0 Å². The number of rotatable bonds is 6. The highest BCUT2D eigenvalue weighted by molar-refractivity contribution is 6.61. The number of likely N-dealkylation sites (tertiary alicyclic amines) is 1. The molecule has 0 radical (unpaired) electrons. The van der Waals surface area contributed by atoms with Crippen LogP contribution < -0.4 is 10.4 Å². The van der Waals surface area contributed by atoms with Gasteiger partial charge >= 0.3 is 7.12 Å². The van der Waals surface area contributed by atoms with Crippen molar-refractivity contribution in [3.63, 3.8) is 0 Å². The highest BCUT2D eigenvalue weighted by atomic mass is 35.5. The SMILES string of the molecule is CC(C)N(C[C@@H]1CCCN(C(=O)CCl)C1)c1ncc(B2OC(C)(C)C(C)(C)O2)cn1. The van der Waals surface area contributed by atoms with Crippen LogP contribution in [0.5, 0.6) is 0 Å². The minimum absolute atomic E-state index is 0.0143. The summed E-state index contributed by atoms with van der Waals surface area (Å²) in [6.45, 7) is 14.7. The molecule has 1 amide bonds. The van der Waals surface area contributed by atoms with E-state index in [-0.39, 0.29) is 17.8 Å². The topological polar surface area (TPSA) is 67.8 Å². The van der Waals surface area contributed by atoms with E-state index in [0.29, 0.717) is 11.9 Å². The van der Waals surface area contributed by atoms with E-state index in [0.717, 1.165) is 37.9 Å². The molecule has 1 aromatic rings. The predicted molar refractivity (Wildman–Crippen MR) is 120 cm³/mol. The third kappa shape index (κ3) is 4.92. The molecule has 2 aliphatic rings. The van der Waals surface area contributed by atoms with E-state index >= 15 is 0 Å². The summed E-state index contributed by atoms with van der Waals surface area (Å²) in [7, 11) is -0.468. The number of carbonyl (C=O) groups excluding carboxylic acids is 1. The van der Waals surface area contributed by atoms with Crippen molar-refractivity contribution < 1.29 is 14.1 Å². The van der Waals surface area contributed by atoms with Crippen molar-refractivity contribution in [1.29, 1.82) is 0 Å². The molecule has 0 unspecified atom stereocenters. The summed E-state index contributed by atoms with van der Waals surface area (Å²) in [4.78, 5) is 25.3. The lowest BCUT2D eigenvalue weighted by molar-refractivity contribution is -0.130. The Morgan fingerprint density at radius 3 is 2.40 bits per heavy atom. The quantitative estimate of drug-likeness (QED) is 0.504. The fraction of sp³-hybridized carbons (Fsp3) is 0.762. The van der Waals surface area contributed by atoms with Gasteiger partial charge in [-0.2, -0.15) is 0 Å². The number of aromatic nitrogens is 2. The molecule has 9 heteroatoms. The van der Waals surface area contributed by atoms with E-state index in [1.807, 2.05) is 32.6 Å². The molecule has 2 saturated heterocycles. The van der Waals surface area contributed by atoms with Crippen LogP contribution in [0.4, 0.5) is 5.95 Å². The number of anilines is 1. The van der Waals surface area contributed by atoms with Crippen molar-refractivity contribution in [1.82, 2.24) is 14.9 Å². The number of hydrogen-bond acceptors (Lipinski definition) is 6. The van der Waals surface area contributed by atoms with Crippen LogP contribution in [-0.2, 0) is 14.1 Å². The maximum Gasteiger partial charge on any atom is 0.498 e. The number of hydrogen-bond donors (Lipinski definition) is 0. The number of nitrogens with zero attached hydrogens (tertiary/aromatic N) is 4. The van der Waals surface area contributed by atoms with E-state index in [1.165, 1.54) is 0 Å². The summed E-state index contributed by atoms with van der Waals surface area (Å²) < 4.78 is 12.2. The Kier molecular flexibility index (Phi) is 6.99. The zero-order valence-electron chi connectivity index (χ0n) is 19.0. The van der Waals surface area contributed by atoms with E-state index in [2.05, 4.69) is 28.7 Å². The molecule has 0 bridgehead atoms. The fourth-order valence-electron chi connectivity index (χ4n) is 3.91. The largest absolute Gasteiger partial charge is 0.498 e. The van der Waals surface area contributed by atoms with Gasteiger partial charge in [0.25, 0.3) is 0 Å². The zero-order chi connectivity index (χ0) is 22.1. The van der Waals surface area contributed by atoms with Gasteiger partial charge in [0, 0.05) is 43.5 Å². The molecule has 0 saturated carbocycles. The molecule has 2 aliphatic heterocycles. The first kappa shape index (κ1) is 23.3. The van der Waals surface area contributed by atoms with Crippen molar-refractivity contribution in [3.8, 4) is 0 Å². The number of alkyl halides is 1. The summed E-state index contributed by atoms with van der Waals surface area (Å²) in [5.41, 5.74) is 0.0269. The van der Waals surface area contributed by atoms with Gasteiger partial charge in [-0.3, -0.25) is 4.79 Å². The Bertz CT molecular complexity index is 728. The zero-order valence-corrected chi connectivity index (χ0v) is 19.8. The second-order valence-corrected chi connectivity index (χ2v) is 9.90. The Morgan fingerprint density at radius 1 is 1.27 bits per heavy atom. The van der Waals surface area contributed by atoms with Crippen molar-refractivity contribution in [2.75, 3.05) is 30.4 Å². The maximum absolute atomic E-state index is 12.0. The van der Waals surface area contributed by atoms with Gasteiger partial charge in [-0.15, -0.1) is 11.6 Å². The molecule has 3 rings (SSSR count). The third-order valence-corrected chi connectivity index (χ3v) is 6.73. The average Bonchev–Trinajstić information content (AvgIpc) is 2.93. The van der Waals surface area contributed by atoms with Crippen LogP contribution >= 0.6 is 11.6 Å². The monoisotopic (exact) mass is 436 g/mol. The van der Waals surface area contributed by atoms with E-state index in [1.54, 1.807) is 12.4 Å². The van der Waals surface area contributed by atoms with E-state index < -0.39 is 18.3 Å². The van der Waals surface area contributed by atoms with Gasteiger partial charge in [-0.05, 0) is 60.3 Å². The Hall–Kier alpha value is -1.38. The smallest absolute Gasteiger partial charge is 0.399 e. The predicted octanol–water partition coefficient (Wildman–Crippen LogP) is 2.47. The molecular formula is C21H34BClN4O3. The fourth-order valence-corrected chi connectivity index (χ4v) is 4.08. The molecule has 30 heavy (non-hydrogen) atoms. The Labute approximate surface area is 185 Å². The molecule has 0 aromatic carbocycles. The number of carbonyl (C=O) groups is 1. The standard InChI is InChI=1S/C21H34BClN4O3/c1-15(2)27(14-16-8-7-9-26(13-16)18(28)10-23)19-24-11-17(12-25-19)22-29-20(3,4)21(5,6)30-22/h11-12,15-16H,7-10,13-14H2,1-6H3/t16-/m1/s1. The lowest BCUT2D eigenvalue weighted by Crippen LogP contribution is -2.46. The first-order valence-electron chi connectivity index (χ1n) is 10.8. The van der Waals surface area contributed by atoms with Gasteiger partial charge < -0.3 is 19.1 Å². The van der Waals surface area contributed by atoms with E-state index in [4.69, 9.17) is 20.9 Å². The molecule has 7 nitrogen and oxygen atoms in total. The van der Waals surface area contributed by atoms with Crippen molar-refractivity contribution in [2.45, 2.75) is 71.6 Å². The average molecular weight is 437 g/mol. The number of piperidine rings is 1. The van der Waals surface area contributed by atoms with Crippen LogP contribution in [-0.4, -0.2) is 70.7 Å². The molecule has 0 aliphatic carbocycles.